The minimum absolute atomic E-state index is 0.0355. The fourth-order valence-electron chi connectivity index (χ4n) is 2.35. The number of ketones is 1. The third kappa shape index (κ3) is 1.95. The largest absolute Gasteiger partial charge is 0.348 e. The molecule has 0 aromatic carbocycles. The van der Waals surface area contributed by atoms with Gasteiger partial charge in [-0.2, -0.15) is 0 Å². The first-order chi connectivity index (χ1) is 6.76. The lowest BCUT2D eigenvalue weighted by Crippen LogP contribution is -2.35. The van der Waals surface area contributed by atoms with Crippen LogP contribution in [0, 0.1) is 0 Å². The molecule has 3 nitrogen and oxygen atoms in total. The van der Waals surface area contributed by atoms with Gasteiger partial charge in [0.15, 0.2) is 12.0 Å². The van der Waals surface area contributed by atoms with Crippen molar-refractivity contribution in [2.75, 3.05) is 12.4 Å². The molecule has 1 saturated heterocycles. The van der Waals surface area contributed by atoms with E-state index >= 15 is 0 Å². The lowest BCUT2D eigenvalue weighted by atomic mass is 9.85. The van der Waals surface area contributed by atoms with Gasteiger partial charge in [-0.05, 0) is 12.8 Å². The Kier molecular flexibility index (Phi) is 3.10. The van der Waals surface area contributed by atoms with Crippen LogP contribution < -0.4 is 5.32 Å². The zero-order valence-corrected chi connectivity index (χ0v) is 8.98. The van der Waals surface area contributed by atoms with E-state index in [0.29, 0.717) is 0 Å². The molecule has 2 aliphatic rings. The van der Waals surface area contributed by atoms with Crippen molar-refractivity contribution in [3.63, 3.8) is 0 Å². The number of nitrogens with one attached hydrogen (secondary N) is 1. The molecule has 1 spiro atoms. The molecule has 1 heterocycles. The molecule has 0 aromatic rings. The summed E-state index contributed by atoms with van der Waals surface area (Å²) in [6.45, 7) is 0.806. The highest BCUT2D eigenvalue weighted by molar-refractivity contribution is 6.28. The van der Waals surface area contributed by atoms with Crippen molar-refractivity contribution in [2.45, 2.75) is 43.9 Å². The topological polar surface area (TPSA) is 38.3 Å². The Balaban J connectivity index is 1.95. The fourth-order valence-corrected chi connectivity index (χ4v) is 2.49. The first-order valence-corrected chi connectivity index (χ1v) is 5.79. The maximum absolute atomic E-state index is 11.3. The van der Waals surface area contributed by atoms with E-state index in [0.717, 1.165) is 19.4 Å². The molecule has 0 bridgehead atoms. The Morgan fingerprint density at radius 1 is 1.43 bits per heavy atom. The van der Waals surface area contributed by atoms with Gasteiger partial charge in [0.05, 0.1) is 11.5 Å². The molecule has 2 fully saturated rings. The first-order valence-electron chi connectivity index (χ1n) is 5.26. The molecule has 0 radical (unpaired) electrons. The molecule has 1 aliphatic heterocycles. The second kappa shape index (κ2) is 4.17. The third-order valence-electron chi connectivity index (χ3n) is 3.17. The summed E-state index contributed by atoms with van der Waals surface area (Å²) in [7, 11) is 0. The Morgan fingerprint density at radius 3 is 2.79 bits per heavy atom. The Hall–Kier alpha value is -0.120. The normalized spacial score (nSPS) is 30.8. The van der Waals surface area contributed by atoms with Crippen molar-refractivity contribution in [3.8, 4) is 0 Å². The van der Waals surface area contributed by atoms with E-state index in [1.807, 2.05) is 0 Å². The van der Waals surface area contributed by atoms with E-state index in [-0.39, 0.29) is 17.3 Å². The van der Waals surface area contributed by atoms with E-state index in [1.54, 1.807) is 0 Å². The molecule has 4 heteroatoms. The lowest BCUT2D eigenvalue weighted by Gasteiger charge is -2.31. The predicted molar refractivity (Wildman–Crippen MR) is 54.4 cm³/mol. The van der Waals surface area contributed by atoms with Gasteiger partial charge in [0.2, 0.25) is 0 Å². The van der Waals surface area contributed by atoms with Gasteiger partial charge in [-0.15, -0.1) is 11.6 Å². The first kappa shape index (κ1) is 10.4. The molecule has 0 amide bonds. The number of Topliss-reactive ketones (excluding diaryl/α,β-unsaturated/α-hetero) is 1. The number of halogens is 1. The number of ether oxygens (including phenoxy) is 1. The van der Waals surface area contributed by atoms with E-state index in [4.69, 9.17) is 16.3 Å². The minimum atomic E-state index is -0.453. The SMILES string of the molecule is O=C(CCl)C1NCC2(CCCCC2)O1. The van der Waals surface area contributed by atoms with Gasteiger partial charge < -0.3 is 4.74 Å². The summed E-state index contributed by atoms with van der Waals surface area (Å²) in [4.78, 5) is 11.3. The number of carbonyl (C=O) groups excluding carboxylic acids is 1. The van der Waals surface area contributed by atoms with E-state index in [1.165, 1.54) is 19.3 Å². The summed E-state index contributed by atoms with van der Waals surface area (Å²) < 4.78 is 5.80. The number of carbonyl (C=O) groups is 1. The zero-order valence-electron chi connectivity index (χ0n) is 8.22. The van der Waals surface area contributed by atoms with Crippen LogP contribution in [0.5, 0.6) is 0 Å². The minimum Gasteiger partial charge on any atom is -0.348 e. The fraction of sp³-hybridized carbons (Fsp3) is 0.900. The van der Waals surface area contributed by atoms with Gasteiger partial charge >= 0.3 is 0 Å². The maximum atomic E-state index is 11.3. The summed E-state index contributed by atoms with van der Waals surface area (Å²) in [6, 6.07) is 0. The monoisotopic (exact) mass is 217 g/mol. The molecule has 1 N–H and O–H groups in total. The van der Waals surface area contributed by atoms with Gasteiger partial charge in [-0.1, -0.05) is 19.3 Å². The van der Waals surface area contributed by atoms with Crippen molar-refractivity contribution in [3.05, 3.63) is 0 Å². The molecule has 80 valence electrons. The van der Waals surface area contributed by atoms with Crippen LogP contribution in [0.15, 0.2) is 0 Å². The molecule has 1 aliphatic carbocycles. The third-order valence-corrected chi connectivity index (χ3v) is 3.43. The number of rotatable bonds is 2. The maximum Gasteiger partial charge on any atom is 0.191 e. The summed E-state index contributed by atoms with van der Waals surface area (Å²) in [5.74, 6) is -0.0117. The average molecular weight is 218 g/mol. The van der Waals surface area contributed by atoms with Crippen LogP contribution in [0.25, 0.3) is 0 Å². The molecular formula is C10H16ClNO2. The molecule has 1 unspecified atom stereocenters. The molecule has 1 saturated carbocycles. The van der Waals surface area contributed by atoms with Crippen molar-refractivity contribution >= 4 is 17.4 Å². The zero-order chi connectivity index (χ0) is 10.0. The van der Waals surface area contributed by atoms with Crippen molar-refractivity contribution < 1.29 is 9.53 Å². The van der Waals surface area contributed by atoms with Crippen LogP contribution in [-0.2, 0) is 9.53 Å². The summed E-state index contributed by atoms with van der Waals surface area (Å²) in [5.41, 5.74) is -0.0648. The molecule has 1 atom stereocenters. The highest BCUT2D eigenvalue weighted by atomic mass is 35.5. The van der Waals surface area contributed by atoms with Crippen LogP contribution in [0.3, 0.4) is 0 Å². The predicted octanol–water partition coefficient (Wildman–Crippen LogP) is 1.44. The van der Waals surface area contributed by atoms with E-state index in [9.17, 15) is 4.79 Å². The summed E-state index contributed by atoms with van der Waals surface area (Å²) in [5, 5.41) is 3.11. The van der Waals surface area contributed by atoms with Crippen molar-refractivity contribution in [1.82, 2.24) is 5.32 Å². The van der Waals surface area contributed by atoms with Crippen LogP contribution in [0.1, 0.15) is 32.1 Å². The van der Waals surface area contributed by atoms with Crippen LogP contribution in [0.4, 0.5) is 0 Å². The van der Waals surface area contributed by atoms with E-state index in [2.05, 4.69) is 5.32 Å². The van der Waals surface area contributed by atoms with Crippen LogP contribution in [-0.4, -0.2) is 30.0 Å². The van der Waals surface area contributed by atoms with Gasteiger partial charge in [-0.25, -0.2) is 0 Å². The number of hydrogen-bond donors (Lipinski definition) is 1. The average Bonchev–Trinajstić information content (AvgIpc) is 2.62. The lowest BCUT2D eigenvalue weighted by molar-refractivity contribution is -0.135. The Bertz CT molecular complexity index is 226. The second-order valence-corrected chi connectivity index (χ2v) is 4.49. The standard InChI is InChI=1S/C10H16ClNO2/c11-6-8(13)9-12-7-10(14-9)4-2-1-3-5-10/h9,12H,1-7H2. The van der Waals surface area contributed by atoms with Crippen molar-refractivity contribution in [2.24, 2.45) is 0 Å². The van der Waals surface area contributed by atoms with Gasteiger partial charge in [0.1, 0.15) is 0 Å². The Morgan fingerprint density at radius 2 is 2.14 bits per heavy atom. The van der Waals surface area contributed by atoms with Crippen LogP contribution in [0.2, 0.25) is 0 Å². The highest BCUT2D eigenvalue weighted by Gasteiger charge is 2.42. The number of alkyl halides is 1. The number of hydrogen-bond acceptors (Lipinski definition) is 3. The van der Waals surface area contributed by atoms with Gasteiger partial charge in [0.25, 0.3) is 0 Å². The smallest absolute Gasteiger partial charge is 0.191 e. The van der Waals surface area contributed by atoms with Crippen LogP contribution >= 0.6 is 11.6 Å². The quantitative estimate of drug-likeness (QED) is 0.712. The Labute approximate surface area is 89.1 Å². The van der Waals surface area contributed by atoms with Crippen molar-refractivity contribution in [1.29, 1.82) is 0 Å². The van der Waals surface area contributed by atoms with Gasteiger partial charge in [-0.3, -0.25) is 10.1 Å². The van der Waals surface area contributed by atoms with Gasteiger partial charge in [0, 0.05) is 6.54 Å². The highest BCUT2D eigenvalue weighted by Crippen LogP contribution is 2.34. The molecule has 0 aromatic heterocycles. The second-order valence-electron chi connectivity index (χ2n) is 4.22. The summed E-state index contributed by atoms with van der Waals surface area (Å²) >= 11 is 5.49. The summed E-state index contributed by atoms with van der Waals surface area (Å²) in [6.07, 6.45) is 5.41. The molecule has 14 heavy (non-hydrogen) atoms. The molecule has 2 rings (SSSR count). The molecular weight excluding hydrogens is 202 g/mol. The van der Waals surface area contributed by atoms with E-state index < -0.39 is 6.23 Å².